The van der Waals surface area contributed by atoms with E-state index >= 15 is 0 Å². The van der Waals surface area contributed by atoms with Gasteiger partial charge in [0.25, 0.3) is 0 Å². The van der Waals surface area contributed by atoms with Crippen molar-refractivity contribution in [1.29, 1.82) is 0 Å². The zero-order chi connectivity index (χ0) is 29.7. The van der Waals surface area contributed by atoms with E-state index in [4.69, 9.17) is 4.89 Å². The lowest BCUT2D eigenvalue weighted by molar-refractivity contribution is -0.210. The van der Waals surface area contributed by atoms with E-state index in [2.05, 4.69) is 39.8 Å². The summed E-state index contributed by atoms with van der Waals surface area (Å²) in [5.74, 6) is -0.285. The normalized spacial score (nSPS) is 11.5. The highest BCUT2D eigenvalue weighted by Gasteiger charge is 2.26. The summed E-state index contributed by atoms with van der Waals surface area (Å²) in [6.07, 6.45) is 2.07. The first-order valence-corrected chi connectivity index (χ1v) is 14.1. The molecule has 7 nitrogen and oxygen atoms in total. The van der Waals surface area contributed by atoms with E-state index in [-0.39, 0.29) is 17.6 Å². The lowest BCUT2D eigenvalue weighted by Gasteiger charge is -2.25. The highest BCUT2D eigenvalue weighted by Crippen LogP contribution is 2.30. The van der Waals surface area contributed by atoms with E-state index in [1.807, 2.05) is 54.6 Å². The van der Waals surface area contributed by atoms with Crippen molar-refractivity contribution in [3.05, 3.63) is 131 Å². The van der Waals surface area contributed by atoms with Gasteiger partial charge in [0.1, 0.15) is 0 Å². The minimum absolute atomic E-state index is 0.00230. The number of nitrogens with one attached hydrogen (secondary N) is 2. The van der Waals surface area contributed by atoms with Crippen molar-refractivity contribution in [1.82, 2.24) is 5.32 Å². The molecule has 0 aliphatic carbocycles. The van der Waals surface area contributed by atoms with Crippen LogP contribution in [0.5, 0.6) is 5.75 Å². The fourth-order valence-electron chi connectivity index (χ4n) is 4.94. The van der Waals surface area contributed by atoms with Crippen LogP contribution < -0.4 is 15.5 Å². The third-order valence-corrected chi connectivity index (χ3v) is 6.85. The highest BCUT2D eigenvalue weighted by molar-refractivity contribution is 6.01. The second kappa shape index (κ2) is 15.3. The average molecular weight is 565 g/mol. The maximum Gasteiger partial charge on any atom is 0.352 e. The van der Waals surface area contributed by atoms with Gasteiger partial charge in [-0.05, 0) is 66.8 Å². The van der Waals surface area contributed by atoms with E-state index in [0.29, 0.717) is 30.0 Å². The number of anilines is 1. The Morgan fingerprint density at radius 3 is 2.07 bits per heavy atom. The maximum atomic E-state index is 14.0. The second-order valence-corrected chi connectivity index (χ2v) is 10.2. The van der Waals surface area contributed by atoms with Gasteiger partial charge in [0.15, 0.2) is 11.5 Å². The van der Waals surface area contributed by atoms with Crippen LogP contribution in [0.4, 0.5) is 5.69 Å². The van der Waals surface area contributed by atoms with Crippen LogP contribution in [0.15, 0.2) is 109 Å². The first-order valence-electron chi connectivity index (χ1n) is 14.1. The predicted octanol–water partition coefficient (Wildman–Crippen LogP) is 6.50. The number of aryl methyl sites for hydroxylation is 1. The molecular weight excluding hydrogens is 528 g/mol. The number of carbonyl (C=O) groups excluding carboxylic acids is 3. The zero-order valence-electron chi connectivity index (χ0n) is 23.9. The molecule has 1 atom stereocenters. The van der Waals surface area contributed by atoms with E-state index in [1.54, 1.807) is 30.3 Å². The van der Waals surface area contributed by atoms with Crippen molar-refractivity contribution in [2.45, 2.75) is 45.1 Å². The average Bonchev–Trinajstić information content (AvgIpc) is 3.00. The molecule has 42 heavy (non-hydrogen) atoms. The van der Waals surface area contributed by atoms with Crippen molar-refractivity contribution in [3.8, 4) is 5.75 Å². The first kappa shape index (κ1) is 30.2. The van der Waals surface area contributed by atoms with Crippen molar-refractivity contribution < 1.29 is 24.2 Å². The fraction of sp³-hybridized carbons (Fsp3) is 0.229. The summed E-state index contributed by atoms with van der Waals surface area (Å²) in [4.78, 5) is 46.4. The molecule has 4 aromatic carbocycles. The quantitative estimate of drug-likeness (QED) is 0.0786. The van der Waals surface area contributed by atoms with Gasteiger partial charge in [0, 0.05) is 31.0 Å². The smallest absolute Gasteiger partial charge is 0.326 e. The summed E-state index contributed by atoms with van der Waals surface area (Å²) in [6, 6.07) is 34.5. The standard InChI is InChI=1S/C35H36N2O5/c1-25(38)37-31-19-10-18-30(23-31)35(40)34(24-33(28-14-5-3-6-15-28)29-16-7-4-8-17-29)36-21-11-13-27-12-9-20-32(22-27)42-41-26(2)39/h3-10,12,14-20,22-23,33-34,36H,11,13,21,24H2,1-2H3,(H,37,38). The fourth-order valence-corrected chi connectivity index (χ4v) is 4.94. The molecule has 216 valence electrons. The molecule has 2 N–H and O–H groups in total. The number of Topliss-reactive ketones (excluding diaryl/α,β-unsaturated/α-hetero) is 1. The van der Waals surface area contributed by atoms with E-state index in [9.17, 15) is 14.4 Å². The van der Waals surface area contributed by atoms with Gasteiger partial charge in [0.2, 0.25) is 5.91 Å². The van der Waals surface area contributed by atoms with E-state index in [0.717, 1.165) is 29.5 Å². The first-order chi connectivity index (χ1) is 20.4. The lowest BCUT2D eigenvalue weighted by Crippen LogP contribution is -2.39. The molecule has 0 aliphatic rings. The van der Waals surface area contributed by atoms with E-state index in [1.165, 1.54) is 13.8 Å². The molecule has 0 bridgehead atoms. The summed E-state index contributed by atoms with van der Waals surface area (Å²) >= 11 is 0. The molecule has 4 aromatic rings. The largest absolute Gasteiger partial charge is 0.352 e. The molecule has 1 amide bonds. The minimum atomic E-state index is -0.521. The number of ketones is 1. The van der Waals surface area contributed by atoms with Crippen LogP contribution in [0.1, 0.15) is 59.7 Å². The molecule has 1 unspecified atom stereocenters. The summed E-state index contributed by atoms with van der Waals surface area (Å²) in [5.41, 5.74) is 4.43. The van der Waals surface area contributed by atoms with Gasteiger partial charge in [-0.15, -0.1) is 0 Å². The Hall–Kier alpha value is -4.75. The molecule has 0 saturated carbocycles. The Kier molecular flexibility index (Phi) is 11.0. The molecular formula is C35H36N2O5. The van der Waals surface area contributed by atoms with Crippen LogP contribution in [0.3, 0.4) is 0 Å². The van der Waals surface area contributed by atoms with Gasteiger partial charge in [-0.1, -0.05) is 84.9 Å². The summed E-state index contributed by atoms with van der Waals surface area (Å²) in [5, 5.41) is 6.31. The Labute approximate surface area is 246 Å². The minimum Gasteiger partial charge on any atom is -0.326 e. The molecule has 0 aliphatic heterocycles. The summed E-state index contributed by atoms with van der Waals surface area (Å²) < 4.78 is 0. The molecule has 0 fully saturated rings. The summed E-state index contributed by atoms with van der Waals surface area (Å²) in [6.45, 7) is 3.33. The highest BCUT2D eigenvalue weighted by atomic mass is 17.2. The van der Waals surface area contributed by atoms with Crippen LogP contribution >= 0.6 is 0 Å². The number of hydrogen-bond donors (Lipinski definition) is 2. The predicted molar refractivity (Wildman–Crippen MR) is 163 cm³/mol. The molecule has 4 rings (SSSR count). The van der Waals surface area contributed by atoms with Crippen LogP contribution in [0, 0.1) is 0 Å². The molecule has 0 radical (unpaired) electrons. The topological polar surface area (TPSA) is 93.7 Å². The van der Waals surface area contributed by atoms with Gasteiger partial charge >= 0.3 is 5.97 Å². The van der Waals surface area contributed by atoms with Crippen molar-refractivity contribution in [3.63, 3.8) is 0 Å². The zero-order valence-corrected chi connectivity index (χ0v) is 23.9. The maximum absolute atomic E-state index is 14.0. The van der Waals surface area contributed by atoms with Crippen molar-refractivity contribution in [2.24, 2.45) is 0 Å². The van der Waals surface area contributed by atoms with E-state index < -0.39 is 12.0 Å². The lowest BCUT2D eigenvalue weighted by atomic mass is 9.84. The van der Waals surface area contributed by atoms with Crippen LogP contribution in [-0.2, 0) is 20.9 Å². The number of carbonyl (C=O) groups is 3. The Bertz CT molecular complexity index is 1430. The molecule has 0 spiro atoms. The van der Waals surface area contributed by atoms with Crippen LogP contribution in [0.2, 0.25) is 0 Å². The van der Waals surface area contributed by atoms with Gasteiger partial charge in [-0.3, -0.25) is 19.4 Å². The number of benzene rings is 4. The monoisotopic (exact) mass is 564 g/mol. The SMILES string of the molecule is CC(=O)Nc1cccc(C(=O)C(CC(c2ccccc2)c2ccccc2)NCCCc2cccc(OOC(C)=O)c2)c1. The van der Waals surface area contributed by atoms with Crippen molar-refractivity contribution in [2.75, 3.05) is 11.9 Å². The third kappa shape index (κ3) is 9.14. The number of hydrogen-bond acceptors (Lipinski definition) is 6. The van der Waals surface area contributed by atoms with Gasteiger partial charge in [-0.2, -0.15) is 0 Å². The number of amides is 1. The molecule has 0 heterocycles. The van der Waals surface area contributed by atoms with Crippen LogP contribution in [0.25, 0.3) is 0 Å². The van der Waals surface area contributed by atoms with Crippen LogP contribution in [-0.4, -0.2) is 30.2 Å². The van der Waals surface area contributed by atoms with Gasteiger partial charge in [0.05, 0.1) is 6.04 Å². The van der Waals surface area contributed by atoms with Gasteiger partial charge in [-0.25, -0.2) is 4.79 Å². The third-order valence-electron chi connectivity index (χ3n) is 6.85. The van der Waals surface area contributed by atoms with Gasteiger partial charge < -0.3 is 10.6 Å². The molecule has 7 heteroatoms. The number of rotatable bonds is 14. The second-order valence-electron chi connectivity index (χ2n) is 10.2. The Morgan fingerprint density at radius 1 is 0.762 bits per heavy atom. The molecule has 0 aromatic heterocycles. The summed E-state index contributed by atoms with van der Waals surface area (Å²) in [7, 11) is 0. The Morgan fingerprint density at radius 2 is 1.43 bits per heavy atom. The molecule has 0 saturated heterocycles. The van der Waals surface area contributed by atoms with Crippen molar-refractivity contribution >= 4 is 23.3 Å². The Balaban J connectivity index is 1.53.